The summed E-state index contributed by atoms with van der Waals surface area (Å²) >= 11 is 4.68. The molecule has 0 aromatic carbocycles. The Morgan fingerprint density at radius 3 is 2.79 bits per heavy atom. The lowest BCUT2D eigenvalue weighted by molar-refractivity contribution is -0.138. The summed E-state index contributed by atoms with van der Waals surface area (Å²) < 4.78 is 0.886. The van der Waals surface area contributed by atoms with Crippen LogP contribution < -0.4 is 5.32 Å². The number of hydrogen-bond donors (Lipinski definition) is 1. The molecule has 0 aliphatic carbocycles. The third-order valence-corrected chi connectivity index (χ3v) is 5.10. The molecule has 102 valence electrons. The highest BCUT2D eigenvalue weighted by molar-refractivity contribution is 9.11. The van der Waals surface area contributed by atoms with Crippen molar-refractivity contribution in [2.24, 2.45) is 0 Å². The lowest BCUT2D eigenvalue weighted by atomic mass is 10.1. The molecular weight excluding hydrogens is 332 g/mol. The predicted octanol–water partition coefficient (Wildman–Crippen LogP) is 1.70. The summed E-state index contributed by atoms with van der Waals surface area (Å²) in [6.07, 6.45) is 0.483. The van der Waals surface area contributed by atoms with Crippen LogP contribution in [0.15, 0.2) is 9.85 Å². The maximum atomic E-state index is 12.4. The van der Waals surface area contributed by atoms with E-state index in [4.69, 9.17) is 0 Å². The third-order valence-electron chi connectivity index (χ3n) is 2.97. The molecule has 5 nitrogen and oxygen atoms in total. The molecule has 1 aliphatic rings. The highest BCUT2D eigenvalue weighted by Gasteiger charge is 2.36. The molecular formula is C12H13BrN2O3S. The summed E-state index contributed by atoms with van der Waals surface area (Å²) in [5, 5.41) is 2.26. The average molecular weight is 345 g/mol. The Morgan fingerprint density at radius 2 is 2.26 bits per heavy atom. The summed E-state index contributed by atoms with van der Waals surface area (Å²) in [5.41, 5.74) is 0.967. The molecule has 0 saturated carbocycles. The molecule has 0 radical (unpaired) electrons. The number of amides is 3. The second-order valence-corrected chi connectivity index (χ2v) is 6.71. The third kappa shape index (κ3) is 2.71. The largest absolute Gasteiger partial charge is 0.317 e. The lowest BCUT2D eigenvalue weighted by Crippen LogP contribution is -2.59. The molecule has 1 atom stereocenters. The van der Waals surface area contributed by atoms with E-state index in [0.29, 0.717) is 11.3 Å². The van der Waals surface area contributed by atoms with Gasteiger partial charge < -0.3 is 4.90 Å². The van der Waals surface area contributed by atoms with E-state index in [9.17, 15) is 14.4 Å². The van der Waals surface area contributed by atoms with E-state index in [1.54, 1.807) is 6.07 Å². The first-order valence-electron chi connectivity index (χ1n) is 5.84. The molecule has 2 rings (SSSR count). The van der Waals surface area contributed by atoms with Crippen LogP contribution in [0.5, 0.6) is 0 Å². The van der Waals surface area contributed by atoms with Crippen molar-refractivity contribution in [1.29, 1.82) is 0 Å². The Bertz CT molecular complexity index is 536. The van der Waals surface area contributed by atoms with Gasteiger partial charge in [0.05, 0.1) is 8.66 Å². The minimum absolute atomic E-state index is 0.0718. The fourth-order valence-electron chi connectivity index (χ4n) is 1.99. The molecule has 1 N–H and O–H groups in total. The minimum atomic E-state index is -0.577. The van der Waals surface area contributed by atoms with Crippen molar-refractivity contribution in [3.8, 4) is 0 Å². The number of thiophene rings is 1. The fraction of sp³-hybridized carbons (Fsp3) is 0.417. The van der Waals surface area contributed by atoms with Crippen molar-refractivity contribution in [1.82, 2.24) is 10.2 Å². The first kappa shape index (κ1) is 14.2. The van der Waals surface area contributed by atoms with Crippen molar-refractivity contribution >= 4 is 45.0 Å². The zero-order valence-electron chi connectivity index (χ0n) is 10.5. The van der Waals surface area contributed by atoms with Crippen LogP contribution in [0.1, 0.15) is 28.6 Å². The van der Waals surface area contributed by atoms with Gasteiger partial charge in [0, 0.05) is 0 Å². The average Bonchev–Trinajstić information content (AvgIpc) is 2.68. The first-order valence-corrected chi connectivity index (χ1v) is 7.45. The monoisotopic (exact) mass is 344 g/mol. The fourth-order valence-corrected chi connectivity index (χ4v) is 3.48. The maximum absolute atomic E-state index is 12.4. The Hall–Kier alpha value is -1.21. The van der Waals surface area contributed by atoms with Gasteiger partial charge >= 0.3 is 0 Å². The number of piperazine rings is 1. The molecule has 2 heterocycles. The van der Waals surface area contributed by atoms with Crippen LogP contribution in [0.25, 0.3) is 0 Å². The molecule has 1 fully saturated rings. The summed E-state index contributed by atoms with van der Waals surface area (Å²) in [7, 11) is 0. The van der Waals surface area contributed by atoms with Crippen LogP contribution in [-0.2, 0) is 9.59 Å². The number of hydrogen-bond acceptors (Lipinski definition) is 4. The van der Waals surface area contributed by atoms with Crippen LogP contribution in [0.4, 0.5) is 0 Å². The van der Waals surface area contributed by atoms with Crippen molar-refractivity contribution in [2.75, 3.05) is 6.54 Å². The Kier molecular flexibility index (Phi) is 4.05. The van der Waals surface area contributed by atoms with Crippen LogP contribution in [-0.4, -0.2) is 35.2 Å². The van der Waals surface area contributed by atoms with Crippen molar-refractivity contribution < 1.29 is 14.4 Å². The molecule has 7 heteroatoms. The second-order valence-electron chi connectivity index (χ2n) is 4.34. The highest BCUT2D eigenvalue weighted by Crippen LogP contribution is 2.29. The smallest absolute Gasteiger partial charge is 0.265 e. The predicted molar refractivity (Wildman–Crippen MR) is 75.0 cm³/mol. The van der Waals surface area contributed by atoms with Gasteiger partial charge in [0.15, 0.2) is 0 Å². The van der Waals surface area contributed by atoms with E-state index in [1.165, 1.54) is 16.2 Å². The number of nitrogens with zero attached hydrogens (tertiary/aromatic N) is 1. The number of carbonyl (C=O) groups is 3. The SMILES string of the molecule is CCC1C(=O)NC(=O)CN1C(=O)c1cc(C)c(Br)s1. The molecule has 1 saturated heterocycles. The zero-order valence-corrected chi connectivity index (χ0v) is 12.9. The number of nitrogens with one attached hydrogen (secondary N) is 1. The van der Waals surface area contributed by atoms with Gasteiger partial charge in [0.1, 0.15) is 12.6 Å². The van der Waals surface area contributed by atoms with E-state index in [2.05, 4.69) is 21.2 Å². The number of rotatable bonds is 2. The number of imide groups is 1. The van der Waals surface area contributed by atoms with Crippen LogP contribution in [0.2, 0.25) is 0 Å². The molecule has 19 heavy (non-hydrogen) atoms. The number of aryl methyl sites for hydroxylation is 1. The van der Waals surface area contributed by atoms with Gasteiger partial charge in [-0.15, -0.1) is 11.3 Å². The van der Waals surface area contributed by atoms with E-state index in [0.717, 1.165) is 9.35 Å². The molecule has 1 aliphatic heterocycles. The van der Waals surface area contributed by atoms with Crippen LogP contribution in [0, 0.1) is 6.92 Å². The lowest BCUT2D eigenvalue weighted by Gasteiger charge is -2.33. The Labute approximate surface area is 123 Å². The maximum Gasteiger partial charge on any atom is 0.265 e. The van der Waals surface area contributed by atoms with Crippen molar-refractivity contribution in [2.45, 2.75) is 26.3 Å². The highest BCUT2D eigenvalue weighted by atomic mass is 79.9. The molecule has 1 aromatic heterocycles. The molecule has 1 unspecified atom stereocenters. The van der Waals surface area contributed by atoms with Gasteiger partial charge in [0.2, 0.25) is 11.8 Å². The van der Waals surface area contributed by atoms with Crippen LogP contribution >= 0.6 is 27.3 Å². The van der Waals surface area contributed by atoms with Crippen molar-refractivity contribution in [3.05, 3.63) is 20.3 Å². The molecule has 0 bridgehead atoms. The van der Waals surface area contributed by atoms with Gasteiger partial charge in [-0.1, -0.05) is 6.92 Å². The summed E-state index contributed by atoms with van der Waals surface area (Å²) in [6, 6.07) is 1.19. The summed E-state index contributed by atoms with van der Waals surface area (Å²) in [6.45, 7) is 3.64. The van der Waals surface area contributed by atoms with Crippen LogP contribution in [0.3, 0.4) is 0 Å². The number of halogens is 1. The Balaban J connectivity index is 2.29. The summed E-state index contributed by atoms with van der Waals surface area (Å²) in [4.78, 5) is 37.4. The van der Waals surface area contributed by atoms with E-state index in [-0.39, 0.29) is 12.5 Å². The van der Waals surface area contributed by atoms with E-state index < -0.39 is 17.9 Å². The normalized spacial score (nSPS) is 19.5. The first-order chi connectivity index (χ1) is 8.93. The van der Waals surface area contributed by atoms with Gasteiger partial charge in [0.25, 0.3) is 5.91 Å². The Morgan fingerprint density at radius 1 is 1.58 bits per heavy atom. The topological polar surface area (TPSA) is 66.5 Å². The van der Waals surface area contributed by atoms with Gasteiger partial charge in [-0.2, -0.15) is 0 Å². The number of carbonyl (C=O) groups excluding carboxylic acids is 3. The molecule has 3 amide bonds. The second kappa shape index (κ2) is 5.42. The van der Waals surface area contributed by atoms with E-state index >= 15 is 0 Å². The molecule has 1 aromatic rings. The van der Waals surface area contributed by atoms with Crippen molar-refractivity contribution in [3.63, 3.8) is 0 Å². The molecule has 0 spiro atoms. The van der Waals surface area contributed by atoms with E-state index in [1.807, 2.05) is 13.8 Å². The quantitative estimate of drug-likeness (QED) is 0.830. The van der Waals surface area contributed by atoms with Gasteiger partial charge in [-0.25, -0.2) is 0 Å². The van der Waals surface area contributed by atoms with Gasteiger partial charge in [-0.3, -0.25) is 19.7 Å². The standard InChI is InChI=1S/C12H13BrN2O3S/c1-3-7-11(17)14-9(16)5-15(7)12(18)8-4-6(2)10(13)19-8/h4,7H,3,5H2,1-2H3,(H,14,16,17). The minimum Gasteiger partial charge on any atom is -0.317 e. The summed E-state index contributed by atoms with van der Waals surface area (Å²) in [5.74, 6) is -1.11. The van der Waals surface area contributed by atoms with Gasteiger partial charge in [-0.05, 0) is 40.9 Å². The zero-order chi connectivity index (χ0) is 14.2.